The van der Waals surface area contributed by atoms with Gasteiger partial charge in [-0.25, -0.2) is 20.2 Å². The molecule has 0 fully saturated rings. The molecule has 0 unspecified atom stereocenters. The van der Waals surface area contributed by atoms with Crippen molar-refractivity contribution in [3.63, 3.8) is 0 Å². The van der Waals surface area contributed by atoms with E-state index in [1.54, 1.807) is 4.57 Å². The number of hydrazine groups is 1. The number of anilines is 2. The van der Waals surface area contributed by atoms with Gasteiger partial charge < -0.3 is 0 Å². The minimum Gasteiger partial charge on any atom is -0.247 e. The van der Waals surface area contributed by atoms with E-state index in [1.807, 2.05) is 69.3 Å². The summed E-state index contributed by atoms with van der Waals surface area (Å²) in [5.74, 6) is 6.93. The molecule has 6 heteroatoms. The molecule has 0 saturated carbocycles. The van der Waals surface area contributed by atoms with Gasteiger partial charge in [-0.1, -0.05) is 43.3 Å². The van der Waals surface area contributed by atoms with Crippen LogP contribution in [0.25, 0.3) is 5.69 Å². The highest BCUT2D eigenvalue weighted by atomic mass is 16.1. The zero-order valence-corrected chi connectivity index (χ0v) is 14.6. The van der Waals surface area contributed by atoms with Gasteiger partial charge in [-0.05, 0) is 37.1 Å². The van der Waals surface area contributed by atoms with Crippen LogP contribution in [-0.4, -0.2) is 14.5 Å². The summed E-state index contributed by atoms with van der Waals surface area (Å²) in [6.07, 6.45) is 0.584. The first-order valence-electron chi connectivity index (χ1n) is 8.19. The van der Waals surface area contributed by atoms with Crippen LogP contribution >= 0.6 is 0 Å². The highest BCUT2D eigenvalue weighted by Crippen LogP contribution is 2.21. The Kier molecular flexibility index (Phi) is 4.63. The summed E-state index contributed by atoms with van der Waals surface area (Å²) in [5, 5.41) is 1.33. The van der Waals surface area contributed by atoms with Gasteiger partial charge in [-0.3, -0.25) is 0 Å². The lowest BCUT2D eigenvalue weighted by Crippen LogP contribution is -2.34. The fourth-order valence-corrected chi connectivity index (χ4v) is 2.87. The lowest BCUT2D eigenvalue weighted by Gasteiger charge is -2.20. The first kappa shape index (κ1) is 16.9. The number of hydrogen-bond donors (Lipinski definition) is 1. The molecule has 3 aromatic rings. The summed E-state index contributed by atoms with van der Waals surface area (Å²) >= 11 is 0. The fourth-order valence-electron chi connectivity index (χ4n) is 2.87. The van der Waals surface area contributed by atoms with Crippen LogP contribution in [0.1, 0.15) is 23.9 Å². The maximum absolute atomic E-state index is 12.8. The van der Waals surface area contributed by atoms with Crippen molar-refractivity contribution in [2.24, 2.45) is 5.84 Å². The van der Waals surface area contributed by atoms with Crippen molar-refractivity contribution >= 4 is 11.6 Å². The molecule has 1 aromatic heterocycles. The van der Waals surface area contributed by atoms with Crippen molar-refractivity contribution < 1.29 is 0 Å². The number of nitrogens with zero attached hydrogens (tertiary/aromatic N) is 4. The third-order valence-electron chi connectivity index (χ3n) is 4.10. The van der Waals surface area contributed by atoms with Gasteiger partial charge in [-0.15, -0.1) is 0 Å². The highest BCUT2D eigenvalue weighted by molar-refractivity contribution is 5.55. The zero-order valence-electron chi connectivity index (χ0n) is 14.6. The molecule has 0 amide bonds. The molecular weight excluding hydrogens is 314 g/mol. The second-order valence-electron chi connectivity index (χ2n) is 5.86. The molecule has 25 heavy (non-hydrogen) atoms. The average molecular weight is 335 g/mol. The van der Waals surface area contributed by atoms with Crippen LogP contribution in [0.5, 0.6) is 0 Å². The van der Waals surface area contributed by atoms with Crippen molar-refractivity contribution in [3.05, 3.63) is 76.0 Å². The first-order valence-corrected chi connectivity index (χ1v) is 8.19. The van der Waals surface area contributed by atoms with Crippen molar-refractivity contribution in [2.75, 3.05) is 5.01 Å². The Labute approximate surface area is 146 Å². The summed E-state index contributed by atoms with van der Waals surface area (Å²) in [5.41, 5.74) is 3.17. The lowest BCUT2D eigenvalue weighted by atomic mass is 10.1. The quantitative estimate of drug-likeness (QED) is 0.586. The number of hydrogen-bond acceptors (Lipinski definition) is 5. The van der Waals surface area contributed by atoms with Gasteiger partial charge in [0.15, 0.2) is 0 Å². The Morgan fingerprint density at radius 2 is 1.64 bits per heavy atom. The van der Waals surface area contributed by atoms with Crippen LogP contribution in [0, 0.1) is 13.8 Å². The van der Waals surface area contributed by atoms with Gasteiger partial charge >= 0.3 is 5.69 Å². The van der Waals surface area contributed by atoms with Crippen LogP contribution in [0.4, 0.5) is 11.6 Å². The maximum Gasteiger partial charge on any atom is 0.356 e. The fraction of sp³-hybridized carbons (Fsp3) is 0.211. The topological polar surface area (TPSA) is 77.0 Å². The van der Waals surface area contributed by atoms with E-state index in [9.17, 15) is 4.79 Å². The van der Waals surface area contributed by atoms with E-state index in [-0.39, 0.29) is 11.6 Å². The molecular formula is C19H21N5O. The minimum atomic E-state index is -0.384. The second-order valence-corrected chi connectivity index (χ2v) is 5.86. The van der Waals surface area contributed by atoms with Crippen molar-refractivity contribution in [3.8, 4) is 5.69 Å². The first-order chi connectivity index (χ1) is 12.0. The Morgan fingerprint density at radius 3 is 2.24 bits per heavy atom. The molecule has 1 heterocycles. The zero-order chi connectivity index (χ0) is 18.0. The lowest BCUT2D eigenvalue weighted by molar-refractivity contribution is 0.750. The number of para-hydroxylation sites is 2. The van der Waals surface area contributed by atoms with Crippen LogP contribution in [0.15, 0.2) is 53.3 Å². The normalized spacial score (nSPS) is 10.7. The predicted molar refractivity (Wildman–Crippen MR) is 99.2 cm³/mol. The van der Waals surface area contributed by atoms with Gasteiger partial charge in [0.05, 0.1) is 11.4 Å². The molecule has 0 atom stereocenters. The van der Waals surface area contributed by atoms with Gasteiger partial charge in [-0.2, -0.15) is 9.97 Å². The number of aryl methyl sites for hydroxylation is 3. The number of nitrogens with two attached hydrogens (primary N) is 1. The van der Waals surface area contributed by atoms with Crippen LogP contribution in [0.3, 0.4) is 0 Å². The van der Waals surface area contributed by atoms with E-state index >= 15 is 0 Å². The minimum absolute atomic E-state index is 0.190. The van der Waals surface area contributed by atoms with E-state index in [1.165, 1.54) is 5.01 Å². The highest BCUT2D eigenvalue weighted by Gasteiger charge is 2.17. The molecule has 2 aromatic carbocycles. The third-order valence-corrected chi connectivity index (χ3v) is 4.10. The summed E-state index contributed by atoms with van der Waals surface area (Å²) < 4.78 is 1.58. The monoisotopic (exact) mass is 335 g/mol. The number of benzene rings is 2. The number of aromatic nitrogens is 3. The smallest absolute Gasteiger partial charge is 0.247 e. The van der Waals surface area contributed by atoms with E-state index in [0.29, 0.717) is 17.9 Å². The Hall–Kier alpha value is -2.99. The molecule has 2 N–H and O–H groups in total. The predicted octanol–water partition coefficient (Wildman–Crippen LogP) is 2.82. The SMILES string of the molecule is CCc1nc(N(N)c2ccccc2)nc(=O)n1-c1c(C)cccc1C. The standard InChI is InChI=1S/C19H21N5O/c1-4-16-21-18(24(20)15-11-6-5-7-12-15)22-19(25)23(16)17-13(2)9-8-10-14(17)3/h5-12H,4,20H2,1-3H3. The molecule has 0 aliphatic rings. The largest absolute Gasteiger partial charge is 0.356 e. The molecule has 0 aliphatic carbocycles. The third kappa shape index (κ3) is 3.16. The maximum atomic E-state index is 12.8. The summed E-state index contributed by atoms with van der Waals surface area (Å²) in [7, 11) is 0. The Balaban J connectivity index is 2.17. The van der Waals surface area contributed by atoms with Gasteiger partial charge in [0.1, 0.15) is 5.82 Å². The summed E-state index contributed by atoms with van der Waals surface area (Å²) in [6.45, 7) is 5.90. The van der Waals surface area contributed by atoms with E-state index in [2.05, 4.69) is 9.97 Å². The summed E-state index contributed by atoms with van der Waals surface area (Å²) in [6, 6.07) is 15.2. The molecule has 0 saturated heterocycles. The second kappa shape index (κ2) is 6.86. The Morgan fingerprint density at radius 1 is 1.00 bits per heavy atom. The van der Waals surface area contributed by atoms with Crippen molar-refractivity contribution in [2.45, 2.75) is 27.2 Å². The number of rotatable bonds is 4. The molecule has 6 nitrogen and oxygen atoms in total. The summed E-state index contributed by atoms with van der Waals surface area (Å²) in [4.78, 5) is 21.4. The van der Waals surface area contributed by atoms with Crippen LogP contribution < -0.4 is 16.5 Å². The molecule has 3 rings (SSSR count). The van der Waals surface area contributed by atoms with Gasteiger partial charge in [0, 0.05) is 6.42 Å². The molecule has 0 radical (unpaired) electrons. The molecule has 0 aliphatic heterocycles. The Bertz CT molecular complexity index is 930. The van der Waals surface area contributed by atoms with Crippen LogP contribution in [-0.2, 0) is 6.42 Å². The van der Waals surface area contributed by atoms with E-state index in [4.69, 9.17) is 5.84 Å². The van der Waals surface area contributed by atoms with Crippen molar-refractivity contribution in [1.82, 2.24) is 14.5 Å². The molecule has 128 valence electrons. The molecule has 0 bridgehead atoms. The van der Waals surface area contributed by atoms with E-state index in [0.717, 1.165) is 16.8 Å². The van der Waals surface area contributed by atoms with Crippen LogP contribution in [0.2, 0.25) is 0 Å². The van der Waals surface area contributed by atoms with Crippen molar-refractivity contribution in [1.29, 1.82) is 0 Å². The van der Waals surface area contributed by atoms with Gasteiger partial charge in [0.2, 0.25) is 0 Å². The molecule has 0 spiro atoms. The average Bonchev–Trinajstić information content (AvgIpc) is 2.62. The van der Waals surface area contributed by atoms with Gasteiger partial charge in [0.25, 0.3) is 5.95 Å². The van der Waals surface area contributed by atoms with E-state index < -0.39 is 0 Å².